The van der Waals surface area contributed by atoms with Crippen LogP contribution in [0.1, 0.15) is 86.0 Å². The molecular formula is C22H39NO3. The van der Waals surface area contributed by atoms with E-state index in [9.17, 15) is 14.7 Å². The number of amides is 1. The van der Waals surface area contributed by atoms with Gasteiger partial charge in [-0.1, -0.05) is 27.7 Å². The summed E-state index contributed by atoms with van der Waals surface area (Å²) in [7, 11) is 0. The molecule has 1 amide bonds. The summed E-state index contributed by atoms with van der Waals surface area (Å²) in [6.07, 6.45) is 7.92. The van der Waals surface area contributed by atoms with Gasteiger partial charge in [-0.05, 0) is 69.6 Å². The van der Waals surface area contributed by atoms with Gasteiger partial charge in [-0.3, -0.25) is 9.59 Å². The lowest BCUT2D eigenvalue weighted by Crippen LogP contribution is -2.61. The lowest BCUT2D eigenvalue weighted by molar-refractivity contribution is -0.147. The molecule has 4 heteroatoms. The molecule has 1 saturated heterocycles. The van der Waals surface area contributed by atoms with E-state index in [-0.39, 0.29) is 17.1 Å². The Kier molecular flexibility index (Phi) is 6.92. The van der Waals surface area contributed by atoms with Crippen molar-refractivity contribution < 1.29 is 14.7 Å². The lowest BCUT2D eigenvalue weighted by Gasteiger charge is -2.58. The normalized spacial score (nSPS) is 40.2. The molecule has 26 heavy (non-hydrogen) atoms. The average molecular weight is 366 g/mol. The fourth-order valence-corrected chi connectivity index (χ4v) is 6.15. The second-order valence-corrected chi connectivity index (χ2v) is 8.84. The van der Waals surface area contributed by atoms with E-state index in [1.165, 1.54) is 0 Å². The van der Waals surface area contributed by atoms with Crippen LogP contribution in [-0.4, -0.2) is 40.4 Å². The zero-order chi connectivity index (χ0) is 19.5. The first-order valence-corrected chi connectivity index (χ1v) is 10.8. The molecule has 2 aliphatic carbocycles. The standard InChI is InChI=1S/C20H33NO3.C2H6/c1-4-14(23)7-11-20(3)17-8-10-19(2)16(5-6-18(19)24)15(17)9-12-21(20)13-22;1-2/h13-17,23H,4-12H2,1-3H3;1-2H3. The van der Waals surface area contributed by atoms with Crippen LogP contribution in [0.15, 0.2) is 0 Å². The predicted molar refractivity (Wildman–Crippen MR) is 105 cm³/mol. The molecule has 1 aliphatic heterocycles. The molecule has 6 atom stereocenters. The van der Waals surface area contributed by atoms with Crippen molar-refractivity contribution in [1.82, 2.24) is 4.90 Å². The number of hydrogen-bond donors (Lipinski definition) is 1. The van der Waals surface area contributed by atoms with Crippen LogP contribution in [-0.2, 0) is 9.59 Å². The number of aliphatic hydroxyl groups excluding tert-OH is 1. The third-order valence-corrected chi connectivity index (χ3v) is 7.89. The van der Waals surface area contributed by atoms with Crippen molar-refractivity contribution in [2.45, 2.75) is 97.6 Å². The van der Waals surface area contributed by atoms with Crippen LogP contribution in [0.5, 0.6) is 0 Å². The summed E-state index contributed by atoms with van der Waals surface area (Å²) < 4.78 is 0. The quantitative estimate of drug-likeness (QED) is 0.743. The number of Topliss-reactive ketones (excluding diaryl/α,β-unsaturated/α-hetero) is 1. The van der Waals surface area contributed by atoms with Crippen molar-refractivity contribution in [1.29, 1.82) is 0 Å². The number of likely N-dealkylation sites (tertiary alicyclic amines) is 1. The number of rotatable bonds is 5. The molecule has 3 fully saturated rings. The Morgan fingerprint density at radius 1 is 1.23 bits per heavy atom. The first kappa shape index (κ1) is 21.4. The predicted octanol–water partition coefficient (Wildman–Crippen LogP) is 4.20. The first-order valence-electron chi connectivity index (χ1n) is 10.8. The summed E-state index contributed by atoms with van der Waals surface area (Å²) in [5, 5.41) is 10.0. The van der Waals surface area contributed by atoms with Crippen LogP contribution in [0.25, 0.3) is 0 Å². The molecule has 6 unspecified atom stereocenters. The molecule has 150 valence electrons. The van der Waals surface area contributed by atoms with Crippen LogP contribution in [0.4, 0.5) is 0 Å². The fraction of sp³-hybridized carbons (Fsp3) is 0.909. The molecule has 0 aromatic rings. The van der Waals surface area contributed by atoms with Gasteiger partial charge in [0.15, 0.2) is 0 Å². The molecule has 3 aliphatic rings. The van der Waals surface area contributed by atoms with Gasteiger partial charge in [0.2, 0.25) is 6.41 Å². The Labute approximate surface area is 159 Å². The largest absolute Gasteiger partial charge is 0.393 e. The zero-order valence-corrected chi connectivity index (χ0v) is 17.5. The molecule has 3 rings (SSSR count). The second-order valence-electron chi connectivity index (χ2n) is 8.84. The van der Waals surface area contributed by atoms with Crippen molar-refractivity contribution in [2.75, 3.05) is 6.54 Å². The minimum atomic E-state index is -0.280. The van der Waals surface area contributed by atoms with E-state index in [1.807, 2.05) is 25.7 Å². The van der Waals surface area contributed by atoms with Crippen molar-refractivity contribution in [2.24, 2.45) is 23.2 Å². The van der Waals surface area contributed by atoms with E-state index in [0.29, 0.717) is 23.5 Å². The van der Waals surface area contributed by atoms with Gasteiger partial charge in [0, 0.05) is 23.9 Å². The van der Waals surface area contributed by atoms with Gasteiger partial charge < -0.3 is 10.0 Å². The van der Waals surface area contributed by atoms with E-state index in [1.54, 1.807) is 0 Å². The van der Waals surface area contributed by atoms with Crippen molar-refractivity contribution in [3.05, 3.63) is 0 Å². The summed E-state index contributed by atoms with van der Waals surface area (Å²) in [6.45, 7) is 11.2. The summed E-state index contributed by atoms with van der Waals surface area (Å²) in [4.78, 5) is 26.2. The van der Waals surface area contributed by atoms with E-state index in [2.05, 4.69) is 13.8 Å². The second kappa shape index (κ2) is 8.41. The van der Waals surface area contributed by atoms with Gasteiger partial charge in [-0.15, -0.1) is 0 Å². The van der Waals surface area contributed by atoms with Crippen LogP contribution < -0.4 is 0 Å². The Balaban J connectivity index is 0.00000117. The van der Waals surface area contributed by atoms with Crippen LogP contribution in [0.2, 0.25) is 0 Å². The zero-order valence-electron chi connectivity index (χ0n) is 17.5. The Morgan fingerprint density at radius 3 is 2.54 bits per heavy atom. The van der Waals surface area contributed by atoms with Gasteiger partial charge >= 0.3 is 0 Å². The number of fused-ring (bicyclic) bond motifs is 3. The summed E-state index contributed by atoms with van der Waals surface area (Å²) in [5.41, 5.74) is -0.290. The maximum atomic E-state index is 12.4. The molecule has 1 N–H and O–H groups in total. The summed E-state index contributed by atoms with van der Waals surface area (Å²) in [6, 6.07) is 0. The highest BCUT2D eigenvalue weighted by Crippen LogP contribution is 2.59. The highest BCUT2D eigenvalue weighted by Gasteiger charge is 2.59. The highest BCUT2D eigenvalue weighted by atomic mass is 16.3. The topological polar surface area (TPSA) is 57.6 Å². The SMILES string of the molecule is CC.CCC(O)CCC1(C)C2CCC3(C)C(=O)CCC3C2CCN1C=O. The van der Waals surface area contributed by atoms with Crippen molar-refractivity contribution in [3.63, 3.8) is 0 Å². The number of ketones is 1. The minimum absolute atomic E-state index is 0.117. The van der Waals surface area contributed by atoms with Crippen LogP contribution >= 0.6 is 0 Å². The smallest absolute Gasteiger partial charge is 0.210 e. The number of aliphatic hydroxyl groups is 1. The van der Waals surface area contributed by atoms with E-state index in [0.717, 1.165) is 64.3 Å². The number of carbonyl (C=O) groups excluding carboxylic acids is 2. The molecule has 4 nitrogen and oxygen atoms in total. The summed E-state index contributed by atoms with van der Waals surface area (Å²) in [5.74, 6) is 1.97. The summed E-state index contributed by atoms with van der Waals surface area (Å²) >= 11 is 0. The highest BCUT2D eigenvalue weighted by molar-refractivity contribution is 5.87. The third-order valence-electron chi connectivity index (χ3n) is 7.89. The van der Waals surface area contributed by atoms with Crippen molar-refractivity contribution >= 4 is 12.2 Å². The Bertz CT molecular complexity index is 508. The molecule has 0 aromatic heterocycles. The number of carbonyl (C=O) groups is 2. The number of piperidine rings is 1. The van der Waals surface area contributed by atoms with Gasteiger partial charge in [0.05, 0.1) is 6.10 Å². The van der Waals surface area contributed by atoms with Gasteiger partial charge in [0.1, 0.15) is 5.78 Å². The lowest BCUT2D eigenvalue weighted by atomic mass is 9.53. The average Bonchev–Trinajstić information content (AvgIpc) is 2.97. The number of hydrogen-bond acceptors (Lipinski definition) is 3. The Morgan fingerprint density at radius 2 is 1.92 bits per heavy atom. The fourth-order valence-electron chi connectivity index (χ4n) is 6.15. The molecule has 0 spiro atoms. The van der Waals surface area contributed by atoms with E-state index < -0.39 is 0 Å². The third kappa shape index (κ3) is 3.46. The van der Waals surface area contributed by atoms with Crippen LogP contribution in [0, 0.1) is 23.2 Å². The van der Waals surface area contributed by atoms with E-state index in [4.69, 9.17) is 0 Å². The first-order chi connectivity index (χ1) is 12.4. The molecular weight excluding hydrogens is 326 g/mol. The molecule has 2 saturated carbocycles. The monoisotopic (exact) mass is 365 g/mol. The van der Waals surface area contributed by atoms with Gasteiger partial charge in [-0.25, -0.2) is 0 Å². The Hall–Kier alpha value is -0.900. The maximum Gasteiger partial charge on any atom is 0.210 e. The van der Waals surface area contributed by atoms with Crippen LogP contribution in [0.3, 0.4) is 0 Å². The molecule has 1 heterocycles. The van der Waals surface area contributed by atoms with E-state index >= 15 is 0 Å². The minimum Gasteiger partial charge on any atom is -0.393 e. The molecule has 0 aromatic carbocycles. The van der Waals surface area contributed by atoms with Crippen molar-refractivity contribution in [3.8, 4) is 0 Å². The van der Waals surface area contributed by atoms with Gasteiger partial charge in [-0.2, -0.15) is 0 Å². The number of nitrogens with zero attached hydrogens (tertiary/aromatic N) is 1. The maximum absolute atomic E-state index is 12.4. The van der Waals surface area contributed by atoms with Gasteiger partial charge in [0.25, 0.3) is 0 Å². The molecule has 0 radical (unpaired) electrons. The molecule has 0 bridgehead atoms.